The molecule has 2 nitrogen and oxygen atoms in total. The molecule has 78 valence electrons. The van der Waals surface area contributed by atoms with Crippen LogP contribution in [-0.4, -0.2) is 11.5 Å². The lowest BCUT2D eigenvalue weighted by Crippen LogP contribution is -2.12. The molecule has 1 rings (SSSR count). The predicted octanol–water partition coefficient (Wildman–Crippen LogP) is 3.58. The zero-order valence-electron chi connectivity index (χ0n) is 8.97. The maximum atomic E-state index is 5.81. The summed E-state index contributed by atoms with van der Waals surface area (Å²) in [7, 11) is 0. The lowest BCUT2D eigenvalue weighted by Gasteiger charge is -2.18. The van der Waals surface area contributed by atoms with Crippen LogP contribution in [0, 0.1) is 5.41 Å². The molecule has 1 aromatic heterocycles. The number of nitrogens with one attached hydrogen (secondary N) is 1. The van der Waals surface area contributed by atoms with Gasteiger partial charge >= 0.3 is 0 Å². The molecule has 0 amide bonds. The highest BCUT2D eigenvalue weighted by Crippen LogP contribution is 2.19. The van der Waals surface area contributed by atoms with Gasteiger partial charge in [0.15, 0.2) is 0 Å². The van der Waals surface area contributed by atoms with E-state index in [1.165, 1.54) is 0 Å². The first-order valence-electron chi connectivity index (χ1n) is 4.82. The van der Waals surface area contributed by atoms with E-state index in [4.69, 9.17) is 11.6 Å². The van der Waals surface area contributed by atoms with E-state index in [0.717, 1.165) is 18.7 Å². The summed E-state index contributed by atoms with van der Waals surface area (Å²) < 4.78 is 0. The Bertz CT molecular complexity index is 292. The van der Waals surface area contributed by atoms with Gasteiger partial charge in [-0.3, -0.25) is 4.98 Å². The average molecular weight is 213 g/mol. The molecule has 0 spiro atoms. The van der Waals surface area contributed by atoms with Crippen molar-refractivity contribution in [3.63, 3.8) is 0 Å². The number of halogens is 1. The highest BCUT2D eigenvalue weighted by molar-refractivity contribution is 6.30. The first-order chi connectivity index (χ1) is 6.47. The number of rotatable bonds is 3. The van der Waals surface area contributed by atoms with Gasteiger partial charge in [0.25, 0.3) is 0 Å². The van der Waals surface area contributed by atoms with E-state index in [1.807, 2.05) is 6.07 Å². The predicted molar refractivity (Wildman–Crippen MR) is 61.8 cm³/mol. The molecule has 0 unspecified atom stereocenters. The number of anilines is 1. The fourth-order valence-corrected chi connectivity index (χ4v) is 1.26. The van der Waals surface area contributed by atoms with E-state index in [1.54, 1.807) is 12.4 Å². The van der Waals surface area contributed by atoms with Crippen LogP contribution in [0.1, 0.15) is 27.2 Å². The minimum Gasteiger partial charge on any atom is -0.384 e. The Morgan fingerprint density at radius 1 is 1.36 bits per heavy atom. The molecule has 0 aliphatic carbocycles. The third kappa shape index (κ3) is 4.47. The molecule has 0 aliphatic rings. The van der Waals surface area contributed by atoms with Crippen molar-refractivity contribution in [2.45, 2.75) is 27.2 Å². The van der Waals surface area contributed by atoms with Crippen molar-refractivity contribution >= 4 is 17.3 Å². The van der Waals surface area contributed by atoms with Crippen LogP contribution in [0.2, 0.25) is 5.02 Å². The van der Waals surface area contributed by atoms with Gasteiger partial charge in [-0.05, 0) is 17.9 Å². The first-order valence-corrected chi connectivity index (χ1v) is 5.20. The summed E-state index contributed by atoms with van der Waals surface area (Å²) in [6.07, 6.45) is 4.55. The van der Waals surface area contributed by atoms with Crippen LogP contribution >= 0.6 is 11.6 Å². The van der Waals surface area contributed by atoms with Gasteiger partial charge in [0.1, 0.15) is 0 Å². The Morgan fingerprint density at radius 3 is 2.64 bits per heavy atom. The number of aromatic nitrogens is 1. The highest BCUT2D eigenvalue weighted by atomic mass is 35.5. The number of pyridine rings is 1. The minimum absolute atomic E-state index is 0.360. The monoisotopic (exact) mass is 212 g/mol. The Kier molecular flexibility index (Phi) is 3.76. The number of hydrogen-bond acceptors (Lipinski definition) is 2. The van der Waals surface area contributed by atoms with E-state index in [9.17, 15) is 0 Å². The van der Waals surface area contributed by atoms with Crippen LogP contribution in [0.3, 0.4) is 0 Å². The van der Waals surface area contributed by atoms with Gasteiger partial charge in [-0.15, -0.1) is 0 Å². The van der Waals surface area contributed by atoms with Crippen molar-refractivity contribution in [1.82, 2.24) is 4.98 Å². The normalized spacial score (nSPS) is 11.4. The molecule has 3 heteroatoms. The van der Waals surface area contributed by atoms with Gasteiger partial charge in [-0.2, -0.15) is 0 Å². The summed E-state index contributed by atoms with van der Waals surface area (Å²) >= 11 is 5.81. The minimum atomic E-state index is 0.360. The zero-order chi connectivity index (χ0) is 10.6. The molecule has 1 heterocycles. The molecule has 0 aliphatic heterocycles. The van der Waals surface area contributed by atoms with Gasteiger partial charge in [0.05, 0.1) is 16.9 Å². The van der Waals surface area contributed by atoms with E-state index in [0.29, 0.717) is 10.4 Å². The third-order valence-electron chi connectivity index (χ3n) is 1.91. The smallest absolute Gasteiger partial charge is 0.0609 e. The van der Waals surface area contributed by atoms with Crippen molar-refractivity contribution in [1.29, 1.82) is 0 Å². The summed E-state index contributed by atoms with van der Waals surface area (Å²) in [4.78, 5) is 4.00. The summed E-state index contributed by atoms with van der Waals surface area (Å²) in [6, 6.07) is 1.89. The fourth-order valence-electron chi connectivity index (χ4n) is 1.09. The van der Waals surface area contributed by atoms with Gasteiger partial charge in [-0.1, -0.05) is 32.4 Å². The van der Waals surface area contributed by atoms with Crippen LogP contribution in [0.15, 0.2) is 18.5 Å². The second kappa shape index (κ2) is 4.65. The maximum Gasteiger partial charge on any atom is 0.0609 e. The molecule has 14 heavy (non-hydrogen) atoms. The van der Waals surface area contributed by atoms with Gasteiger partial charge < -0.3 is 5.32 Å². The molecule has 0 saturated carbocycles. The zero-order valence-corrected chi connectivity index (χ0v) is 9.73. The molecular weight excluding hydrogens is 196 g/mol. The Hall–Kier alpha value is -0.760. The standard InChI is InChI=1S/C11H17ClN2/c1-11(2,3)4-5-14-10-6-9(12)7-13-8-10/h6-8,14H,4-5H2,1-3H3. The lowest BCUT2D eigenvalue weighted by atomic mass is 9.92. The summed E-state index contributed by atoms with van der Waals surface area (Å²) in [6.45, 7) is 7.63. The van der Waals surface area contributed by atoms with E-state index >= 15 is 0 Å². The average Bonchev–Trinajstić information content (AvgIpc) is 2.01. The molecule has 0 saturated heterocycles. The van der Waals surface area contributed by atoms with Gasteiger partial charge in [0, 0.05) is 12.7 Å². The molecular formula is C11H17ClN2. The van der Waals surface area contributed by atoms with E-state index in [-0.39, 0.29) is 0 Å². The van der Waals surface area contributed by atoms with Crippen molar-refractivity contribution in [2.24, 2.45) is 5.41 Å². The topological polar surface area (TPSA) is 24.9 Å². The Labute approximate surface area is 90.7 Å². The van der Waals surface area contributed by atoms with Crippen molar-refractivity contribution < 1.29 is 0 Å². The molecule has 1 N–H and O–H groups in total. The first kappa shape index (κ1) is 11.3. The van der Waals surface area contributed by atoms with Crippen molar-refractivity contribution in [2.75, 3.05) is 11.9 Å². The second-order valence-corrected chi connectivity index (χ2v) is 5.07. The van der Waals surface area contributed by atoms with Crippen molar-refractivity contribution in [3.05, 3.63) is 23.5 Å². The second-order valence-electron chi connectivity index (χ2n) is 4.63. The van der Waals surface area contributed by atoms with Gasteiger partial charge in [0.2, 0.25) is 0 Å². The van der Waals surface area contributed by atoms with E-state index < -0.39 is 0 Å². The Balaban J connectivity index is 2.39. The summed E-state index contributed by atoms with van der Waals surface area (Å²) in [5.41, 5.74) is 1.35. The summed E-state index contributed by atoms with van der Waals surface area (Å²) in [5, 5.41) is 3.97. The van der Waals surface area contributed by atoms with Crippen LogP contribution in [0.25, 0.3) is 0 Å². The largest absolute Gasteiger partial charge is 0.384 e. The van der Waals surface area contributed by atoms with Crippen LogP contribution in [0.5, 0.6) is 0 Å². The lowest BCUT2D eigenvalue weighted by molar-refractivity contribution is 0.390. The molecule has 0 aromatic carbocycles. The van der Waals surface area contributed by atoms with Crippen LogP contribution in [0.4, 0.5) is 5.69 Å². The number of nitrogens with zero attached hydrogens (tertiary/aromatic N) is 1. The van der Waals surface area contributed by atoms with Crippen LogP contribution < -0.4 is 5.32 Å². The highest BCUT2D eigenvalue weighted by Gasteiger charge is 2.08. The van der Waals surface area contributed by atoms with Crippen LogP contribution in [-0.2, 0) is 0 Å². The molecule has 0 fully saturated rings. The quantitative estimate of drug-likeness (QED) is 0.829. The number of hydrogen-bond donors (Lipinski definition) is 1. The Morgan fingerprint density at radius 2 is 2.07 bits per heavy atom. The molecule has 0 radical (unpaired) electrons. The molecule has 0 bridgehead atoms. The van der Waals surface area contributed by atoms with Gasteiger partial charge in [-0.25, -0.2) is 0 Å². The SMILES string of the molecule is CC(C)(C)CCNc1cncc(Cl)c1. The van der Waals surface area contributed by atoms with E-state index in [2.05, 4.69) is 31.1 Å². The summed E-state index contributed by atoms with van der Waals surface area (Å²) in [5.74, 6) is 0. The maximum absolute atomic E-state index is 5.81. The fraction of sp³-hybridized carbons (Fsp3) is 0.545. The third-order valence-corrected chi connectivity index (χ3v) is 2.12. The molecule has 0 atom stereocenters. The van der Waals surface area contributed by atoms with Crippen molar-refractivity contribution in [3.8, 4) is 0 Å². The molecule has 1 aromatic rings.